The van der Waals surface area contributed by atoms with E-state index in [4.69, 9.17) is 4.74 Å². The Morgan fingerprint density at radius 1 is 1.11 bits per heavy atom. The Kier molecular flexibility index (Phi) is 5.53. The number of halogens is 1. The number of hydrogen-bond acceptors (Lipinski definition) is 4. The first-order chi connectivity index (χ1) is 12.9. The van der Waals surface area contributed by atoms with Crippen molar-refractivity contribution in [1.82, 2.24) is 9.71 Å². The molecule has 0 amide bonds. The molecule has 0 spiro atoms. The van der Waals surface area contributed by atoms with Crippen molar-refractivity contribution in [2.75, 3.05) is 7.11 Å². The van der Waals surface area contributed by atoms with Crippen LogP contribution < -0.4 is 9.46 Å². The summed E-state index contributed by atoms with van der Waals surface area (Å²) in [4.78, 5) is 4.26. The van der Waals surface area contributed by atoms with Gasteiger partial charge in [-0.1, -0.05) is 12.1 Å². The van der Waals surface area contributed by atoms with Crippen molar-refractivity contribution in [3.8, 4) is 17.0 Å². The summed E-state index contributed by atoms with van der Waals surface area (Å²) in [6, 6.07) is 14.7. The van der Waals surface area contributed by atoms with E-state index in [-0.39, 0.29) is 11.4 Å². The number of ether oxygens (including phenoxy) is 1. The van der Waals surface area contributed by atoms with Gasteiger partial charge in [0.25, 0.3) is 0 Å². The summed E-state index contributed by atoms with van der Waals surface area (Å²) in [5, 5.41) is 0. The van der Waals surface area contributed by atoms with Gasteiger partial charge in [0, 0.05) is 18.3 Å². The van der Waals surface area contributed by atoms with Gasteiger partial charge in [-0.25, -0.2) is 17.5 Å². The van der Waals surface area contributed by atoms with Gasteiger partial charge in [-0.05, 0) is 60.5 Å². The fraction of sp³-hybridized carbons (Fsp3) is 0.150. The molecular formula is C20H19FN2O3S. The Labute approximate surface area is 157 Å². The van der Waals surface area contributed by atoms with Crippen LogP contribution in [-0.2, 0) is 16.6 Å². The summed E-state index contributed by atoms with van der Waals surface area (Å²) in [5.41, 5.74) is 2.60. The molecule has 0 radical (unpaired) electrons. The Morgan fingerprint density at radius 2 is 1.85 bits per heavy atom. The summed E-state index contributed by atoms with van der Waals surface area (Å²) < 4.78 is 46.3. The molecule has 1 heterocycles. The predicted octanol–water partition coefficient (Wildman–Crippen LogP) is 3.68. The van der Waals surface area contributed by atoms with Crippen molar-refractivity contribution in [1.29, 1.82) is 0 Å². The number of aryl methyl sites for hydroxylation is 1. The van der Waals surface area contributed by atoms with E-state index in [0.717, 1.165) is 17.4 Å². The highest BCUT2D eigenvalue weighted by atomic mass is 32.2. The van der Waals surface area contributed by atoms with E-state index in [2.05, 4.69) is 9.71 Å². The topological polar surface area (TPSA) is 68.3 Å². The molecule has 0 unspecified atom stereocenters. The molecule has 27 heavy (non-hydrogen) atoms. The van der Waals surface area contributed by atoms with Gasteiger partial charge in [-0.2, -0.15) is 0 Å². The van der Waals surface area contributed by atoms with Gasteiger partial charge in [-0.15, -0.1) is 0 Å². The van der Waals surface area contributed by atoms with Crippen molar-refractivity contribution in [3.05, 3.63) is 77.7 Å². The molecule has 0 atom stereocenters. The summed E-state index contributed by atoms with van der Waals surface area (Å²) in [7, 11) is -2.26. The second-order valence-electron chi connectivity index (χ2n) is 5.98. The average molecular weight is 386 g/mol. The number of aromatic nitrogens is 1. The van der Waals surface area contributed by atoms with Crippen molar-refractivity contribution < 1.29 is 17.5 Å². The number of nitrogens with one attached hydrogen (secondary N) is 1. The van der Waals surface area contributed by atoms with Crippen LogP contribution in [0.2, 0.25) is 0 Å². The van der Waals surface area contributed by atoms with Crippen molar-refractivity contribution in [3.63, 3.8) is 0 Å². The Balaban J connectivity index is 1.84. The summed E-state index contributed by atoms with van der Waals surface area (Å²) in [6.07, 6.45) is 1.65. The molecule has 5 nitrogen and oxygen atoms in total. The van der Waals surface area contributed by atoms with Crippen molar-refractivity contribution >= 4 is 10.0 Å². The maximum atomic E-state index is 13.7. The zero-order chi connectivity index (χ0) is 19.4. The van der Waals surface area contributed by atoms with E-state index >= 15 is 0 Å². The number of pyridine rings is 1. The largest absolute Gasteiger partial charge is 0.497 e. The van der Waals surface area contributed by atoms with Crippen LogP contribution in [0.15, 0.2) is 65.7 Å². The van der Waals surface area contributed by atoms with Gasteiger partial charge in [0.05, 0.1) is 17.7 Å². The Morgan fingerprint density at radius 3 is 2.52 bits per heavy atom. The summed E-state index contributed by atoms with van der Waals surface area (Å²) >= 11 is 0. The number of methoxy groups -OCH3 is 1. The highest BCUT2D eigenvalue weighted by Crippen LogP contribution is 2.24. The quantitative estimate of drug-likeness (QED) is 0.702. The molecule has 7 heteroatoms. The third kappa shape index (κ3) is 4.32. The minimum atomic E-state index is -3.85. The van der Waals surface area contributed by atoms with Crippen LogP contribution in [0.1, 0.15) is 11.1 Å². The first-order valence-corrected chi connectivity index (χ1v) is 9.73. The molecule has 1 N–H and O–H groups in total. The maximum Gasteiger partial charge on any atom is 0.240 e. The zero-order valence-corrected chi connectivity index (χ0v) is 15.8. The summed E-state index contributed by atoms with van der Waals surface area (Å²) in [6.45, 7) is 1.61. The monoisotopic (exact) mass is 386 g/mol. The van der Waals surface area contributed by atoms with Crippen LogP contribution in [0.4, 0.5) is 4.39 Å². The van der Waals surface area contributed by atoms with Gasteiger partial charge in [0.15, 0.2) is 0 Å². The third-order valence-electron chi connectivity index (χ3n) is 4.16. The molecule has 0 aliphatic rings. The molecule has 0 saturated carbocycles. The van der Waals surface area contributed by atoms with E-state index in [1.165, 1.54) is 12.1 Å². The molecule has 3 aromatic rings. The molecular weight excluding hydrogens is 367 g/mol. The lowest BCUT2D eigenvalue weighted by molar-refractivity contribution is 0.415. The lowest BCUT2D eigenvalue weighted by Crippen LogP contribution is -2.23. The molecule has 0 fully saturated rings. The van der Waals surface area contributed by atoms with E-state index in [1.54, 1.807) is 32.4 Å². The first-order valence-electron chi connectivity index (χ1n) is 8.25. The van der Waals surface area contributed by atoms with E-state index in [9.17, 15) is 12.8 Å². The highest BCUT2D eigenvalue weighted by Gasteiger charge is 2.16. The number of benzene rings is 2. The third-order valence-corrected chi connectivity index (χ3v) is 5.56. The second kappa shape index (κ2) is 7.85. The molecule has 2 aromatic carbocycles. The molecule has 1 aromatic heterocycles. The van der Waals surface area contributed by atoms with E-state index in [1.807, 2.05) is 24.3 Å². The van der Waals surface area contributed by atoms with Crippen LogP contribution in [0.25, 0.3) is 11.3 Å². The molecule has 3 rings (SSSR count). The van der Waals surface area contributed by atoms with Crippen LogP contribution >= 0.6 is 0 Å². The summed E-state index contributed by atoms with van der Waals surface area (Å²) in [5.74, 6) is 0.163. The molecule has 140 valence electrons. The number of nitrogens with zero attached hydrogens (tertiary/aromatic N) is 1. The maximum absolute atomic E-state index is 13.7. The van der Waals surface area contributed by atoms with Gasteiger partial charge in [-0.3, -0.25) is 4.98 Å². The SMILES string of the molecule is COc1ccc(-c2ncccc2CNS(=O)(=O)c2ccc(C)c(F)c2)cc1. The Bertz CT molecular complexity index is 1050. The van der Waals surface area contributed by atoms with Crippen LogP contribution in [0.5, 0.6) is 5.75 Å². The van der Waals surface area contributed by atoms with Gasteiger partial charge in [0.2, 0.25) is 10.0 Å². The molecule has 0 aliphatic heterocycles. The standard InChI is InChI=1S/C20H19FN2O3S/c1-14-5-10-18(12-19(14)21)27(24,25)23-13-16-4-3-11-22-20(16)15-6-8-17(26-2)9-7-15/h3-12,23H,13H2,1-2H3. The van der Waals surface area contributed by atoms with Gasteiger partial charge >= 0.3 is 0 Å². The zero-order valence-electron chi connectivity index (χ0n) is 14.9. The molecule has 0 saturated heterocycles. The predicted molar refractivity (Wildman–Crippen MR) is 101 cm³/mol. The van der Waals surface area contributed by atoms with E-state index in [0.29, 0.717) is 16.8 Å². The lowest BCUT2D eigenvalue weighted by atomic mass is 10.1. The molecule has 0 bridgehead atoms. The van der Waals surface area contributed by atoms with Crippen LogP contribution in [-0.4, -0.2) is 20.5 Å². The van der Waals surface area contributed by atoms with Gasteiger partial charge in [0.1, 0.15) is 11.6 Å². The van der Waals surface area contributed by atoms with E-state index < -0.39 is 15.8 Å². The lowest BCUT2D eigenvalue weighted by Gasteiger charge is -2.11. The number of sulfonamides is 1. The van der Waals surface area contributed by atoms with Gasteiger partial charge < -0.3 is 4.74 Å². The van der Waals surface area contributed by atoms with Crippen molar-refractivity contribution in [2.45, 2.75) is 18.4 Å². The minimum Gasteiger partial charge on any atom is -0.497 e. The second-order valence-corrected chi connectivity index (χ2v) is 7.74. The normalized spacial score (nSPS) is 11.4. The Hall–Kier alpha value is -2.77. The fourth-order valence-electron chi connectivity index (χ4n) is 2.59. The van der Waals surface area contributed by atoms with Crippen LogP contribution in [0.3, 0.4) is 0 Å². The van der Waals surface area contributed by atoms with Crippen molar-refractivity contribution in [2.24, 2.45) is 0 Å². The smallest absolute Gasteiger partial charge is 0.240 e. The number of rotatable bonds is 6. The average Bonchev–Trinajstić information content (AvgIpc) is 2.69. The van der Waals surface area contributed by atoms with Crippen LogP contribution in [0, 0.1) is 12.7 Å². The first kappa shape index (κ1) is 19.0. The minimum absolute atomic E-state index is 0.0348. The number of hydrogen-bond donors (Lipinski definition) is 1. The molecule has 0 aliphatic carbocycles. The fourth-order valence-corrected chi connectivity index (χ4v) is 3.60. The highest BCUT2D eigenvalue weighted by molar-refractivity contribution is 7.89.